The molecule has 92 valence electrons. The molecule has 1 unspecified atom stereocenters. The van der Waals surface area contributed by atoms with Gasteiger partial charge in [0.1, 0.15) is 0 Å². The van der Waals surface area contributed by atoms with Crippen LogP contribution in [0.2, 0.25) is 0 Å². The van der Waals surface area contributed by atoms with Gasteiger partial charge in [0.05, 0.1) is 6.04 Å². The Balaban J connectivity index is 1.96. The fourth-order valence-corrected chi connectivity index (χ4v) is 2.17. The molecule has 0 spiro atoms. The molecule has 0 heterocycles. The minimum Gasteiger partial charge on any atom is -0.349 e. The van der Waals surface area contributed by atoms with Crippen molar-refractivity contribution in [2.45, 2.75) is 31.7 Å². The Morgan fingerprint density at radius 1 is 1.35 bits per heavy atom. The molecule has 0 aliphatic heterocycles. The molecule has 0 radical (unpaired) electrons. The highest BCUT2D eigenvalue weighted by Crippen LogP contribution is 2.40. The molecule has 1 saturated carbocycles. The van der Waals surface area contributed by atoms with E-state index in [-0.39, 0.29) is 11.9 Å². The van der Waals surface area contributed by atoms with Gasteiger partial charge in [-0.15, -0.1) is 11.6 Å². The van der Waals surface area contributed by atoms with Crippen molar-refractivity contribution in [1.82, 2.24) is 5.32 Å². The molecular weight excluding hydrogens is 234 g/mol. The first-order valence-electron chi connectivity index (χ1n) is 6.21. The third kappa shape index (κ3) is 3.74. The number of hydrogen-bond acceptors (Lipinski definition) is 1. The molecule has 17 heavy (non-hydrogen) atoms. The molecule has 0 bridgehead atoms. The quantitative estimate of drug-likeness (QED) is 0.773. The Morgan fingerprint density at radius 2 is 2.06 bits per heavy atom. The minimum atomic E-state index is 0.117. The molecule has 2 nitrogen and oxygen atoms in total. The summed E-state index contributed by atoms with van der Waals surface area (Å²) in [6.45, 7) is 0. The Morgan fingerprint density at radius 3 is 2.65 bits per heavy atom. The normalized spacial score (nSPS) is 16.5. The summed E-state index contributed by atoms with van der Waals surface area (Å²) in [6, 6.07) is 10.4. The molecular formula is C14H18ClNO. The molecule has 1 fully saturated rings. The molecule has 0 saturated heterocycles. The van der Waals surface area contributed by atoms with E-state index < -0.39 is 0 Å². The van der Waals surface area contributed by atoms with Gasteiger partial charge in [-0.1, -0.05) is 30.3 Å². The summed E-state index contributed by atoms with van der Waals surface area (Å²) in [4.78, 5) is 11.7. The third-order valence-corrected chi connectivity index (χ3v) is 3.37. The predicted octanol–water partition coefficient (Wildman–Crippen LogP) is 3.27. The Hall–Kier alpha value is -1.02. The average Bonchev–Trinajstić information content (AvgIpc) is 3.19. The predicted molar refractivity (Wildman–Crippen MR) is 70.0 cm³/mol. The molecule has 2 rings (SSSR count). The van der Waals surface area contributed by atoms with Crippen LogP contribution in [-0.2, 0) is 4.79 Å². The van der Waals surface area contributed by atoms with E-state index >= 15 is 0 Å². The van der Waals surface area contributed by atoms with Gasteiger partial charge in [-0.25, -0.2) is 0 Å². The van der Waals surface area contributed by atoms with Crippen LogP contribution in [0.3, 0.4) is 0 Å². The first kappa shape index (κ1) is 12.4. The SMILES string of the molecule is O=C(CCCCl)NC(c1ccccc1)C1CC1. The van der Waals surface area contributed by atoms with E-state index in [1.807, 2.05) is 18.2 Å². The number of rotatable bonds is 6. The number of benzene rings is 1. The Kier molecular flexibility index (Phi) is 4.43. The fourth-order valence-electron chi connectivity index (χ4n) is 2.04. The zero-order valence-electron chi connectivity index (χ0n) is 9.86. The maximum Gasteiger partial charge on any atom is 0.220 e. The van der Waals surface area contributed by atoms with Crippen LogP contribution in [0.4, 0.5) is 0 Å². The van der Waals surface area contributed by atoms with Gasteiger partial charge in [0.15, 0.2) is 0 Å². The maximum atomic E-state index is 11.7. The van der Waals surface area contributed by atoms with Crippen LogP contribution in [0, 0.1) is 5.92 Å². The van der Waals surface area contributed by atoms with E-state index in [2.05, 4.69) is 17.4 Å². The summed E-state index contributed by atoms with van der Waals surface area (Å²) in [5, 5.41) is 3.13. The summed E-state index contributed by atoms with van der Waals surface area (Å²) >= 11 is 5.59. The molecule has 1 aromatic rings. The monoisotopic (exact) mass is 251 g/mol. The van der Waals surface area contributed by atoms with Gasteiger partial charge in [0.2, 0.25) is 5.91 Å². The summed E-state index contributed by atoms with van der Waals surface area (Å²) in [5.74, 6) is 1.29. The van der Waals surface area contributed by atoms with E-state index in [1.165, 1.54) is 18.4 Å². The lowest BCUT2D eigenvalue weighted by Crippen LogP contribution is -2.29. The van der Waals surface area contributed by atoms with Crippen molar-refractivity contribution in [2.75, 3.05) is 5.88 Å². The Bertz CT molecular complexity index is 362. The zero-order valence-corrected chi connectivity index (χ0v) is 10.6. The molecule has 0 aromatic heterocycles. The fraction of sp³-hybridized carbons (Fsp3) is 0.500. The van der Waals surface area contributed by atoms with Gasteiger partial charge >= 0.3 is 0 Å². The van der Waals surface area contributed by atoms with Gasteiger partial charge in [-0.05, 0) is 30.7 Å². The number of hydrogen-bond donors (Lipinski definition) is 1. The van der Waals surface area contributed by atoms with Crippen LogP contribution < -0.4 is 5.32 Å². The van der Waals surface area contributed by atoms with Gasteiger partial charge < -0.3 is 5.32 Å². The minimum absolute atomic E-state index is 0.117. The van der Waals surface area contributed by atoms with E-state index in [0.717, 1.165) is 6.42 Å². The molecule has 1 aromatic carbocycles. The smallest absolute Gasteiger partial charge is 0.220 e. The number of amides is 1. The van der Waals surface area contributed by atoms with E-state index in [9.17, 15) is 4.79 Å². The summed E-state index contributed by atoms with van der Waals surface area (Å²) in [6.07, 6.45) is 3.71. The highest BCUT2D eigenvalue weighted by Gasteiger charge is 2.33. The average molecular weight is 252 g/mol. The van der Waals surface area contributed by atoms with Crippen molar-refractivity contribution in [3.8, 4) is 0 Å². The largest absolute Gasteiger partial charge is 0.349 e. The van der Waals surface area contributed by atoms with Crippen molar-refractivity contribution in [1.29, 1.82) is 0 Å². The van der Waals surface area contributed by atoms with Gasteiger partial charge in [-0.2, -0.15) is 0 Å². The first-order chi connectivity index (χ1) is 8.31. The second-order valence-corrected chi connectivity index (χ2v) is 4.96. The standard InChI is InChI=1S/C14H18ClNO/c15-10-4-7-13(17)16-14(12-8-9-12)11-5-2-1-3-6-11/h1-3,5-6,12,14H,4,7-10H2,(H,16,17). The lowest BCUT2D eigenvalue weighted by atomic mass is 10.0. The molecule has 1 amide bonds. The van der Waals surface area contributed by atoms with Crippen LogP contribution in [0.25, 0.3) is 0 Å². The Labute approximate surface area is 107 Å². The molecule has 1 aliphatic carbocycles. The van der Waals surface area contributed by atoms with Crippen LogP contribution in [0.15, 0.2) is 30.3 Å². The third-order valence-electron chi connectivity index (χ3n) is 3.11. The lowest BCUT2D eigenvalue weighted by molar-refractivity contribution is -0.122. The van der Waals surface area contributed by atoms with Gasteiger partial charge in [0, 0.05) is 12.3 Å². The van der Waals surface area contributed by atoms with Crippen LogP contribution >= 0.6 is 11.6 Å². The van der Waals surface area contributed by atoms with E-state index in [4.69, 9.17) is 11.6 Å². The van der Waals surface area contributed by atoms with Crippen LogP contribution in [-0.4, -0.2) is 11.8 Å². The van der Waals surface area contributed by atoms with Crippen molar-refractivity contribution in [2.24, 2.45) is 5.92 Å². The first-order valence-corrected chi connectivity index (χ1v) is 6.75. The molecule has 1 N–H and O–H groups in total. The highest BCUT2D eigenvalue weighted by atomic mass is 35.5. The molecule has 1 aliphatic rings. The second kappa shape index (κ2) is 6.06. The van der Waals surface area contributed by atoms with E-state index in [0.29, 0.717) is 18.2 Å². The summed E-state index contributed by atoms with van der Waals surface area (Å²) in [7, 11) is 0. The summed E-state index contributed by atoms with van der Waals surface area (Å²) in [5.41, 5.74) is 1.22. The number of halogens is 1. The van der Waals surface area contributed by atoms with Crippen molar-refractivity contribution < 1.29 is 4.79 Å². The topological polar surface area (TPSA) is 29.1 Å². The van der Waals surface area contributed by atoms with Crippen molar-refractivity contribution in [3.05, 3.63) is 35.9 Å². The lowest BCUT2D eigenvalue weighted by Gasteiger charge is -2.18. The van der Waals surface area contributed by atoms with E-state index in [1.54, 1.807) is 0 Å². The van der Waals surface area contributed by atoms with Crippen molar-refractivity contribution >= 4 is 17.5 Å². The highest BCUT2D eigenvalue weighted by molar-refractivity contribution is 6.17. The van der Waals surface area contributed by atoms with Gasteiger partial charge in [-0.3, -0.25) is 4.79 Å². The second-order valence-electron chi connectivity index (χ2n) is 4.59. The van der Waals surface area contributed by atoms with Crippen molar-refractivity contribution in [3.63, 3.8) is 0 Å². The number of alkyl halides is 1. The van der Waals surface area contributed by atoms with Crippen LogP contribution in [0.1, 0.15) is 37.3 Å². The number of carbonyl (C=O) groups excluding carboxylic acids is 1. The summed E-state index contributed by atoms with van der Waals surface area (Å²) < 4.78 is 0. The zero-order chi connectivity index (χ0) is 12.1. The number of carbonyl (C=O) groups is 1. The van der Waals surface area contributed by atoms with Crippen LogP contribution in [0.5, 0.6) is 0 Å². The number of nitrogens with one attached hydrogen (secondary N) is 1. The van der Waals surface area contributed by atoms with Gasteiger partial charge in [0.25, 0.3) is 0 Å². The maximum absolute atomic E-state index is 11.7. The molecule has 3 heteroatoms. The molecule has 1 atom stereocenters.